The standard InChI is InChI=1S/C21H13NO5S2/c1-12-2-4-14(5-3-12)20(23)26-16-10-17(19-18(11-16)29-21(28)27-19)13-6-8-15(9-7-13)22(24)25/h2-11H,1H3. The Labute approximate surface area is 174 Å². The molecule has 3 aromatic carbocycles. The van der Waals surface area contributed by atoms with Gasteiger partial charge in [0, 0.05) is 23.8 Å². The smallest absolute Gasteiger partial charge is 0.343 e. The second-order valence-corrected chi connectivity index (χ2v) is 7.96. The van der Waals surface area contributed by atoms with Crippen LogP contribution in [0.25, 0.3) is 21.4 Å². The summed E-state index contributed by atoms with van der Waals surface area (Å²) in [7, 11) is 0. The van der Waals surface area contributed by atoms with Crippen molar-refractivity contribution in [3.05, 3.63) is 85.9 Å². The summed E-state index contributed by atoms with van der Waals surface area (Å²) in [6.45, 7) is 1.94. The van der Waals surface area contributed by atoms with Crippen LogP contribution >= 0.6 is 23.6 Å². The quantitative estimate of drug-likeness (QED) is 0.125. The lowest BCUT2D eigenvalue weighted by Crippen LogP contribution is -2.08. The third-order valence-electron chi connectivity index (χ3n) is 4.29. The molecule has 29 heavy (non-hydrogen) atoms. The van der Waals surface area contributed by atoms with Crippen LogP contribution in [0.4, 0.5) is 5.69 Å². The molecule has 1 aromatic heterocycles. The van der Waals surface area contributed by atoms with Crippen LogP contribution in [-0.2, 0) is 0 Å². The van der Waals surface area contributed by atoms with Crippen molar-refractivity contribution in [3.8, 4) is 16.9 Å². The molecule has 8 heteroatoms. The number of non-ortho nitro benzene ring substituents is 1. The molecule has 6 nitrogen and oxygen atoms in total. The molecule has 0 spiro atoms. The number of rotatable bonds is 4. The van der Waals surface area contributed by atoms with E-state index in [9.17, 15) is 14.9 Å². The molecule has 0 aliphatic carbocycles. The predicted molar refractivity (Wildman–Crippen MR) is 113 cm³/mol. The van der Waals surface area contributed by atoms with Crippen molar-refractivity contribution in [1.82, 2.24) is 0 Å². The fourth-order valence-electron chi connectivity index (χ4n) is 2.84. The molecule has 1 heterocycles. The maximum Gasteiger partial charge on any atom is 0.343 e. The second kappa shape index (κ2) is 7.57. The van der Waals surface area contributed by atoms with Crippen molar-refractivity contribution in [2.24, 2.45) is 0 Å². The summed E-state index contributed by atoms with van der Waals surface area (Å²) in [5, 5.41) is 10.9. The van der Waals surface area contributed by atoms with Gasteiger partial charge in [0.05, 0.1) is 15.2 Å². The van der Waals surface area contributed by atoms with E-state index < -0.39 is 10.9 Å². The van der Waals surface area contributed by atoms with Gasteiger partial charge in [0.15, 0.2) is 5.58 Å². The molecule has 0 unspecified atom stereocenters. The number of benzene rings is 3. The molecule has 0 atom stereocenters. The minimum Gasteiger partial charge on any atom is -0.435 e. The number of carbonyl (C=O) groups is 1. The second-order valence-electron chi connectivity index (χ2n) is 6.31. The molecule has 0 radical (unpaired) electrons. The average Bonchev–Trinajstić information content (AvgIpc) is 3.08. The maximum absolute atomic E-state index is 12.5. The summed E-state index contributed by atoms with van der Waals surface area (Å²) in [4.78, 5) is 22.9. The van der Waals surface area contributed by atoms with Crippen LogP contribution < -0.4 is 4.74 Å². The van der Waals surface area contributed by atoms with E-state index in [0.717, 1.165) is 10.3 Å². The molecule has 0 amide bonds. The van der Waals surface area contributed by atoms with E-state index in [4.69, 9.17) is 21.4 Å². The summed E-state index contributed by atoms with van der Waals surface area (Å²) >= 11 is 6.41. The van der Waals surface area contributed by atoms with Crippen LogP contribution in [0.3, 0.4) is 0 Å². The van der Waals surface area contributed by atoms with E-state index in [1.807, 2.05) is 19.1 Å². The number of carbonyl (C=O) groups excluding carboxylic acids is 1. The zero-order valence-electron chi connectivity index (χ0n) is 15.1. The SMILES string of the molecule is Cc1ccc(C(=O)Oc2cc(-c3ccc([N+](=O)[O-])cc3)c3oc(=S)sc3c2)cc1. The molecule has 0 saturated heterocycles. The zero-order chi connectivity index (χ0) is 20.5. The molecular weight excluding hydrogens is 410 g/mol. The first kappa shape index (κ1) is 19.0. The topological polar surface area (TPSA) is 82.6 Å². The average molecular weight is 423 g/mol. The first-order valence-electron chi connectivity index (χ1n) is 8.52. The van der Waals surface area contributed by atoms with E-state index >= 15 is 0 Å². The third kappa shape index (κ3) is 3.94. The highest BCUT2D eigenvalue weighted by Gasteiger charge is 2.16. The van der Waals surface area contributed by atoms with Crippen LogP contribution in [0, 0.1) is 21.1 Å². The number of hydrogen-bond donors (Lipinski definition) is 0. The van der Waals surface area contributed by atoms with Crippen molar-refractivity contribution in [3.63, 3.8) is 0 Å². The Morgan fingerprint density at radius 2 is 1.79 bits per heavy atom. The minimum absolute atomic E-state index is 0.0156. The van der Waals surface area contributed by atoms with E-state index in [1.54, 1.807) is 36.4 Å². The Morgan fingerprint density at radius 3 is 2.45 bits per heavy atom. The van der Waals surface area contributed by atoms with Gasteiger partial charge in [-0.05, 0) is 55.0 Å². The van der Waals surface area contributed by atoms with Gasteiger partial charge < -0.3 is 9.15 Å². The van der Waals surface area contributed by atoms with Crippen molar-refractivity contribution in [2.75, 3.05) is 0 Å². The van der Waals surface area contributed by atoms with Crippen LogP contribution in [0.5, 0.6) is 5.75 Å². The molecule has 4 aromatic rings. The molecule has 4 rings (SSSR count). The number of nitro groups is 1. The maximum atomic E-state index is 12.5. The van der Waals surface area contributed by atoms with Crippen LogP contribution in [0.2, 0.25) is 0 Å². The number of esters is 1. The number of nitro benzene ring substituents is 1. The van der Waals surface area contributed by atoms with Crippen molar-refractivity contribution >= 4 is 45.5 Å². The van der Waals surface area contributed by atoms with Gasteiger partial charge in [-0.25, -0.2) is 4.79 Å². The van der Waals surface area contributed by atoms with Gasteiger partial charge in [0.2, 0.25) is 4.02 Å². The molecular formula is C21H13NO5S2. The molecule has 0 saturated carbocycles. The normalized spacial score (nSPS) is 10.8. The fraction of sp³-hybridized carbons (Fsp3) is 0.0476. The number of ether oxygens (including phenoxy) is 1. The largest absolute Gasteiger partial charge is 0.435 e. The van der Waals surface area contributed by atoms with Crippen LogP contribution in [0.15, 0.2) is 65.1 Å². The summed E-state index contributed by atoms with van der Waals surface area (Å²) < 4.78 is 12.3. The molecule has 0 N–H and O–H groups in total. The molecule has 0 aliphatic rings. The van der Waals surface area contributed by atoms with Crippen molar-refractivity contribution in [2.45, 2.75) is 6.92 Å². The Bertz CT molecular complexity index is 1290. The van der Waals surface area contributed by atoms with Gasteiger partial charge in [0.1, 0.15) is 5.75 Å². The number of fused-ring (bicyclic) bond motifs is 1. The zero-order valence-corrected chi connectivity index (χ0v) is 16.7. The number of hydrogen-bond acceptors (Lipinski definition) is 7. The van der Waals surface area contributed by atoms with Gasteiger partial charge in [-0.1, -0.05) is 29.0 Å². The third-order valence-corrected chi connectivity index (χ3v) is 5.40. The van der Waals surface area contributed by atoms with E-state index in [2.05, 4.69) is 0 Å². The monoisotopic (exact) mass is 423 g/mol. The molecule has 144 valence electrons. The molecule has 0 fully saturated rings. The van der Waals surface area contributed by atoms with E-state index in [-0.39, 0.29) is 5.69 Å². The number of nitrogens with zero attached hydrogens (tertiary/aromatic N) is 1. The van der Waals surface area contributed by atoms with Gasteiger partial charge in [0.25, 0.3) is 5.69 Å². The summed E-state index contributed by atoms with van der Waals surface area (Å²) in [5.74, 6) is -0.144. The van der Waals surface area contributed by atoms with Gasteiger partial charge in [-0.3, -0.25) is 10.1 Å². The Morgan fingerprint density at radius 1 is 1.10 bits per heavy atom. The Hall–Kier alpha value is -3.36. The van der Waals surface area contributed by atoms with E-state index in [1.165, 1.54) is 23.5 Å². The highest BCUT2D eigenvalue weighted by molar-refractivity contribution is 7.73. The first-order chi connectivity index (χ1) is 13.9. The van der Waals surface area contributed by atoms with Gasteiger partial charge in [-0.15, -0.1) is 0 Å². The summed E-state index contributed by atoms with van der Waals surface area (Å²) in [6, 6.07) is 16.5. The Balaban J connectivity index is 1.76. The highest BCUT2D eigenvalue weighted by atomic mass is 32.1. The molecule has 0 bridgehead atoms. The molecule has 0 aliphatic heterocycles. The van der Waals surface area contributed by atoms with Gasteiger partial charge >= 0.3 is 5.97 Å². The van der Waals surface area contributed by atoms with Crippen molar-refractivity contribution in [1.29, 1.82) is 0 Å². The highest BCUT2D eigenvalue weighted by Crippen LogP contribution is 2.37. The lowest BCUT2D eigenvalue weighted by molar-refractivity contribution is -0.384. The van der Waals surface area contributed by atoms with E-state index in [0.29, 0.717) is 32.0 Å². The van der Waals surface area contributed by atoms with Crippen molar-refractivity contribution < 1.29 is 18.9 Å². The van der Waals surface area contributed by atoms with Gasteiger partial charge in [-0.2, -0.15) is 0 Å². The summed E-state index contributed by atoms with van der Waals surface area (Å²) in [5.41, 5.74) is 3.33. The fourth-order valence-corrected chi connectivity index (χ4v) is 3.92. The minimum atomic E-state index is -0.480. The van der Waals surface area contributed by atoms with Crippen LogP contribution in [0.1, 0.15) is 15.9 Å². The lowest BCUT2D eigenvalue weighted by atomic mass is 10.0. The lowest BCUT2D eigenvalue weighted by Gasteiger charge is -2.08. The first-order valence-corrected chi connectivity index (χ1v) is 9.74. The number of aryl methyl sites for hydroxylation is 1. The Kier molecular flexibility index (Phi) is 4.96. The predicted octanol–water partition coefficient (Wildman–Crippen LogP) is 6.33. The summed E-state index contributed by atoms with van der Waals surface area (Å²) in [6.07, 6.45) is 0. The van der Waals surface area contributed by atoms with Crippen LogP contribution in [-0.4, -0.2) is 10.9 Å².